The minimum absolute atomic E-state index is 0.0693. The van der Waals surface area contributed by atoms with Crippen LogP contribution in [0.4, 0.5) is 11.4 Å². The molecule has 20 heavy (non-hydrogen) atoms. The Morgan fingerprint density at radius 2 is 1.65 bits per heavy atom. The summed E-state index contributed by atoms with van der Waals surface area (Å²) in [7, 11) is -3.69. The van der Waals surface area contributed by atoms with Crippen LogP contribution in [0.3, 0.4) is 0 Å². The topological polar surface area (TPSA) is 72.2 Å². The zero-order valence-electron chi connectivity index (χ0n) is 11.1. The molecule has 0 saturated heterocycles. The van der Waals surface area contributed by atoms with E-state index in [2.05, 4.69) is 20.7 Å². The number of sulfonamides is 1. The first-order chi connectivity index (χ1) is 9.28. The summed E-state index contributed by atoms with van der Waals surface area (Å²) in [5.74, 6) is 0. The highest BCUT2D eigenvalue weighted by Crippen LogP contribution is 2.25. The van der Waals surface area contributed by atoms with Gasteiger partial charge in [-0.1, -0.05) is 22.0 Å². The van der Waals surface area contributed by atoms with Gasteiger partial charge in [-0.2, -0.15) is 0 Å². The van der Waals surface area contributed by atoms with E-state index >= 15 is 0 Å². The van der Waals surface area contributed by atoms with Crippen molar-refractivity contribution in [2.45, 2.75) is 18.7 Å². The molecule has 0 radical (unpaired) electrons. The SMILES string of the molecule is Cc1cc(C)cc(NS(=O)(=O)c2ccc(Br)cc2N)c1. The number of rotatable bonds is 3. The van der Waals surface area contributed by atoms with Gasteiger partial charge in [0.05, 0.1) is 5.69 Å². The monoisotopic (exact) mass is 354 g/mol. The smallest absolute Gasteiger partial charge is 0.263 e. The minimum Gasteiger partial charge on any atom is -0.398 e. The summed E-state index contributed by atoms with van der Waals surface area (Å²) in [4.78, 5) is 0.0693. The highest BCUT2D eigenvalue weighted by molar-refractivity contribution is 9.10. The highest BCUT2D eigenvalue weighted by Gasteiger charge is 2.17. The quantitative estimate of drug-likeness (QED) is 0.829. The predicted molar refractivity (Wildman–Crippen MR) is 85.3 cm³/mol. The lowest BCUT2D eigenvalue weighted by Gasteiger charge is -2.11. The number of halogens is 1. The van der Waals surface area contributed by atoms with E-state index in [1.165, 1.54) is 6.07 Å². The van der Waals surface area contributed by atoms with E-state index in [1.54, 1.807) is 24.3 Å². The second kappa shape index (κ2) is 5.46. The third-order valence-electron chi connectivity index (χ3n) is 2.74. The molecule has 6 heteroatoms. The van der Waals surface area contributed by atoms with Crippen LogP contribution in [0.5, 0.6) is 0 Å². The van der Waals surface area contributed by atoms with Gasteiger partial charge in [-0.3, -0.25) is 4.72 Å². The average molecular weight is 355 g/mol. The van der Waals surface area contributed by atoms with Crippen molar-refractivity contribution in [2.24, 2.45) is 0 Å². The van der Waals surface area contributed by atoms with E-state index in [9.17, 15) is 8.42 Å². The van der Waals surface area contributed by atoms with Crippen LogP contribution in [0, 0.1) is 13.8 Å². The van der Waals surface area contributed by atoms with Crippen LogP contribution in [0.15, 0.2) is 45.8 Å². The van der Waals surface area contributed by atoms with E-state index in [0.29, 0.717) is 5.69 Å². The largest absolute Gasteiger partial charge is 0.398 e. The lowest BCUT2D eigenvalue weighted by molar-refractivity contribution is 0.601. The first kappa shape index (κ1) is 14.9. The molecule has 2 aromatic carbocycles. The fourth-order valence-corrected chi connectivity index (χ4v) is 3.54. The zero-order valence-corrected chi connectivity index (χ0v) is 13.5. The lowest BCUT2D eigenvalue weighted by Crippen LogP contribution is -2.15. The van der Waals surface area contributed by atoms with Crippen molar-refractivity contribution >= 4 is 37.3 Å². The normalized spacial score (nSPS) is 11.3. The first-order valence-electron chi connectivity index (χ1n) is 5.94. The standard InChI is InChI=1S/C14H15BrN2O2S/c1-9-5-10(2)7-12(6-9)17-20(18,19)14-4-3-11(15)8-13(14)16/h3-8,17H,16H2,1-2H3. The predicted octanol–water partition coefficient (Wildman–Crippen LogP) is 3.45. The van der Waals surface area contributed by atoms with Gasteiger partial charge < -0.3 is 5.73 Å². The van der Waals surface area contributed by atoms with Crippen LogP contribution in [0.2, 0.25) is 0 Å². The van der Waals surface area contributed by atoms with Crippen LogP contribution >= 0.6 is 15.9 Å². The van der Waals surface area contributed by atoms with Crippen molar-refractivity contribution in [3.05, 3.63) is 52.0 Å². The Bertz CT molecular complexity index is 738. The van der Waals surface area contributed by atoms with Gasteiger partial charge >= 0.3 is 0 Å². The number of benzene rings is 2. The number of hydrogen-bond acceptors (Lipinski definition) is 3. The molecule has 2 rings (SSSR count). The summed E-state index contributed by atoms with van der Waals surface area (Å²) in [5.41, 5.74) is 8.49. The molecule has 0 amide bonds. The summed E-state index contributed by atoms with van der Waals surface area (Å²) >= 11 is 3.25. The maximum atomic E-state index is 12.3. The van der Waals surface area contributed by atoms with E-state index in [0.717, 1.165) is 15.6 Å². The summed E-state index contributed by atoms with van der Waals surface area (Å²) in [6, 6.07) is 10.2. The maximum Gasteiger partial charge on any atom is 0.263 e. The van der Waals surface area contributed by atoms with Crippen molar-refractivity contribution in [1.29, 1.82) is 0 Å². The van der Waals surface area contributed by atoms with Crippen molar-refractivity contribution in [3.8, 4) is 0 Å². The molecule has 3 N–H and O–H groups in total. The number of nitrogen functional groups attached to an aromatic ring is 1. The molecule has 106 valence electrons. The third kappa shape index (κ3) is 3.32. The fourth-order valence-electron chi connectivity index (χ4n) is 2.01. The minimum atomic E-state index is -3.69. The highest BCUT2D eigenvalue weighted by atomic mass is 79.9. The van der Waals surface area contributed by atoms with Crippen LogP contribution in [-0.4, -0.2) is 8.42 Å². The Hall–Kier alpha value is -1.53. The van der Waals surface area contributed by atoms with Gasteiger partial charge in [0.25, 0.3) is 10.0 Å². The first-order valence-corrected chi connectivity index (χ1v) is 8.22. The molecular formula is C14H15BrN2O2S. The molecule has 0 atom stereocenters. The van der Waals surface area contributed by atoms with Crippen molar-refractivity contribution in [3.63, 3.8) is 0 Å². The molecule has 2 aromatic rings. The van der Waals surface area contributed by atoms with Gasteiger partial charge in [0.2, 0.25) is 0 Å². The van der Waals surface area contributed by atoms with Gasteiger partial charge in [0, 0.05) is 10.2 Å². The van der Waals surface area contributed by atoms with Crippen molar-refractivity contribution in [1.82, 2.24) is 0 Å². The van der Waals surface area contributed by atoms with Gasteiger partial charge in [-0.15, -0.1) is 0 Å². The molecule has 0 fully saturated rings. The summed E-state index contributed by atoms with van der Waals surface area (Å²) in [6.45, 7) is 3.83. The summed E-state index contributed by atoms with van der Waals surface area (Å²) in [6.07, 6.45) is 0. The Kier molecular flexibility index (Phi) is 4.06. The number of nitrogens with one attached hydrogen (secondary N) is 1. The third-order valence-corrected chi connectivity index (χ3v) is 4.68. The average Bonchev–Trinajstić information content (AvgIpc) is 2.25. The second-order valence-electron chi connectivity index (χ2n) is 4.66. The molecule has 4 nitrogen and oxygen atoms in total. The van der Waals surface area contributed by atoms with Gasteiger partial charge in [0.1, 0.15) is 4.90 Å². The molecule has 0 aliphatic heterocycles. The molecule has 0 unspecified atom stereocenters. The zero-order chi connectivity index (χ0) is 14.9. The summed E-state index contributed by atoms with van der Waals surface area (Å²) < 4.78 is 28.0. The molecule has 0 aliphatic carbocycles. The van der Waals surface area contributed by atoms with E-state index in [4.69, 9.17) is 5.73 Å². The molecule has 0 bridgehead atoms. The Morgan fingerprint density at radius 1 is 1.05 bits per heavy atom. The van der Waals surface area contributed by atoms with E-state index in [-0.39, 0.29) is 10.6 Å². The van der Waals surface area contributed by atoms with Crippen LogP contribution < -0.4 is 10.5 Å². The molecule has 0 spiro atoms. The molecule has 0 heterocycles. The van der Waals surface area contributed by atoms with Gasteiger partial charge in [0.15, 0.2) is 0 Å². The lowest BCUT2D eigenvalue weighted by atomic mass is 10.1. The van der Waals surface area contributed by atoms with E-state index in [1.807, 2.05) is 19.9 Å². The van der Waals surface area contributed by atoms with E-state index < -0.39 is 10.0 Å². The second-order valence-corrected chi connectivity index (χ2v) is 7.23. The number of nitrogens with two attached hydrogens (primary N) is 1. The van der Waals surface area contributed by atoms with Crippen molar-refractivity contribution in [2.75, 3.05) is 10.5 Å². The van der Waals surface area contributed by atoms with Crippen LogP contribution in [-0.2, 0) is 10.0 Å². The molecular weight excluding hydrogens is 340 g/mol. The molecule has 0 aliphatic rings. The van der Waals surface area contributed by atoms with Gasteiger partial charge in [-0.25, -0.2) is 8.42 Å². The summed E-state index contributed by atoms with van der Waals surface area (Å²) in [5, 5.41) is 0. The van der Waals surface area contributed by atoms with Crippen LogP contribution in [0.1, 0.15) is 11.1 Å². The van der Waals surface area contributed by atoms with Crippen LogP contribution in [0.25, 0.3) is 0 Å². The fraction of sp³-hybridized carbons (Fsp3) is 0.143. The van der Waals surface area contributed by atoms with Crippen molar-refractivity contribution < 1.29 is 8.42 Å². The molecule has 0 aromatic heterocycles. The molecule has 0 saturated carbocycles. The van der Waals surface area contributed by atoms with Gasteiger partial charge in [-0.05, 0) is 55.3 Å². The Balaban J connectivity index is 2.40. The Labute approximate surface area is 127 Å². The maximum absolute atomic E-state index is 12.3. The Morgan fingerprint density at radius 3 is 2.20 bits per heavy atom. The number of hydrogen-bond donors (Lipinski definition) is 2. The number of aryl methyl sites for hydroxylation is 2. The number of anilines is 2.